The van der Waals surface area contributed by atoms with Crippen LogP contribution in [0.3, 0.4) is 0 Å². The number of benzene rings is 2. The molecule has 0 radical (unpaired) electrons. The number of nitrogens with zero attached hydrogens (tertiary/aromatic N) is 1. The van der Waals surface area contributed by atoms with Crippen LogP contribution in [0.15, 0.2) is 42.5 Å². The molecule has 0 aliphatic heterocycles. The first-order valence-corrected chi connectivity index (χ1v) is 8.06. The van der Waals surface area contributed by atoms with E-state index in [-0.39, 0.29) is 0 Å². The van der Waals surface area contributed by atoms with Crippen molar-refractivity contribution in [3.05, 3.63) is 48.0 Å². The zero-order chi connectivity index (χ0) is 15.2. The van der Waals surface area contributed by atoms with Crippen LogP contribution in [0.5, 0.6) is 0 Å². The van der Waals surface area contributed by atoms with E-state index in [0.717, 1.165) is 13.1 Å². The van der Waals surface area contributed by atoms with Crippen LogP contribution in [0.2, 0.25) is 0 Å². The fourth-order valence-electron chi connectivity index (χ4n) is 2.98. The lowest BCUT2D eigenvalue weighted by molar-refractivity contribution is 0.201. The van der Waals surface area contributed by atoms with Crippen molar-refractivity contribution in [1.82, 2.24) is 10.2 Å². The third-order valence-corrected chi connectivity index (χ3v) is 4.21. The minimum atomic E-state index is 0.366. The van der Waals surface area contributed by atoms with E-state index in [1.54, 1.807) is 0 Å². The van der Waals surface area contributed by atoms with Gasteiger partial charge in [-0.05, 0) is 50.2 Å². The van der Waals surface area contributed by atoms with Gasteiger partial charge in [-0.1, -0.05) is 49.4 Å². The Kier molecular flexibility index (Phi) is 5.77. The fraction of sp³-hybridized carbons (Fsp3) is 0.474. The van der Waals surface area contributed by atoms with Gasteiger partial charge < -0.3 is 5.32 Å². The Labute approximate surface area is 129 Å². The number of fused-ring (bicyclic) bond motifs is 1. The maximum Gasteiger partial charge on any atom is 0.0453 e. The maximum absolute atomic E-state index is 3.51. The quantitative estimate of drug-likeness (QED) is 0.819. The Balaban J connectivity index is 2.31. The summed E-state index contributed by atoms with van der Waals surface area (Å²) < 4.78 is 0. The lowest BCUT2D eigenvalue weighted by Crippen LogP contribution is -2.38. The minimum absolute atomic E-state index is 0.366. The van der Waals surface area contributed by atoms with Crippen LogP contribution in [0.4, 0.5) is 0 Å². The van der Waals surface area contributed by atoms with Gasteiger partial charge in [0.1, 0.15) is 0 Å². The van der Waals surface area contributed by atoms with Gasteiger partial charge in [-0.25, -0.2) is 0 Å². The molecule has 0 spiro atoms. The predicted molar refractivity (Wildman–Crippen MR) is 92.7 cm³/mol. The smallest absolute Gasteiger partial charge is 0.0453 e. The van der Waals surface area contributed by atoms with Gasteiger partial charge in [-0.15, -0.1) is 0 Å². The Morgan fingerprint density at radius 3 is 2.43 bits per heavy atom. The summed E-state index contributed by atoms with van der Waals surface area (Å²) in [5.41, 5.74) is 1.40. The van der Waals surface area contributed by atoms with Crippen LogP contribution in [0.1, 0.15) is 38.8 Å². The highest BCUT2D eigenvalue weighted by Crippen LogP contribution is 2.25. The molecule has 2 aromatic rings. The Hall–Kier alpha value is -1.38. The Morgan fingerprint density at radius 1 is 1.05 bits per heavy atom. The van der Waals surface area contributed by atoms with Gasteiger partial charge in [0.15, 0.2) is 0 Å². The second-order valence-corrected chi connectivity index (χ2v) is 6.00. The second-order valence-electron chi connectivity index (χ2n) is 6.00. The monoisotopic (exact) mass is 284 g/mol. The van der Waals surface area contributed by atoms with Crippen molar-refractivity contribution in [2.24, 2.45) is 0 Å². The molecule has 0 aromatic heterocycles. The normalized spacial score (nSPS) is 13.2. The van der Waals surface area contributed by atoms with Gasteiger partial charge in [0, 0.05) is 18.6 Å². The molecule has 1 N–H and O–H groups in total. The van der Waals surface area contributed by atoms with E-state index in [2.05, 4.69) is 80.5 Å². The van der Waals surface area contributed by atoms with Crippen LogP contribution in [-0.4, -0.2) is 31.1 Å². The Bertz CT molecular complexity index is 557. The zero-order valence-electron chi connectivity index (χ0n) is 13.8. The van der Waals surface area contributed by atoms with Gasteiger partial charge in [-0.3, -0.25) is 4.90 Å². The summed E-state index contributed by atoms with van der Waals surface area (Å²) in [6, 6.07) is 16.2. The first kappa shape index (κ1) is 16.0. The predicted octanol–water partition coefficient (Wildman–Crippen LogP) is 4.22. The first-order chi connectivity index (χ1) is 10.2. The molecule has 2 aromatic carbocycles. The van der Waals surface area contributed by atoms with Crippen LogP contribution >= 0.6 is 0 Å². The molecule has 0 heterocycles. The fourth-order valence-corrected chi connectivity index (χ4v) is 2.98. The summed E-state index contributed by atoms with van der Waals surface area (Å²) in [6.07, 6.45) is 1.20. The summed E-state index contributed by atoms with van der Waals surface area (Å²) in [6.45, 7) is 9.02. The summed E-state index contributed by atoms with van der Waals surface area (Å²) in [5, 5.41) is 6.19. The lowest BCUT2D eigenvalue weighted by atomic mass is 9.98. The van der Waals surface area contributed by atoms with Gasteiger partial charge in [0.25, 0.3) is 0 Å². The molecule has 21 heavy (non-hydrogen) atoms. The molecular weight excluding hydrogens is 256 g/mol. The van der Waals surface area contributed by atoms with Crippen LogP contribution in [0.25, 0.3) is 10.8 Å². The summed E-state index contributed by atoms with van der Waals surface area (Å²) in [7, 11) is 2.07. The largest absolute Gasteiger partial charge is 0.312 e. The molecule has 0 aliphatic rings. The summed E-state index contributed by atoms with van der Waals surface area (Å²) in [4.78, 5) is 2.56. The second kappa shape index (κ2) is 7.58. The molecule has 114 valence electrons. The molecule has 0 saturated carbocycles. The molecule has 0 fully saturated rings. The van der Waals surface area contributed by atoms with Gasteiger partial charge in [-0.2, -0.15) is 0 Å². The van der Waals surface area contributed by atoms with Crippen molar-refractivity contribution in [3.63, 3.8) is 0 Å². The zero-order valence-corrected chi connectivity index (χ0v) is 13.8. The lowest BCUT2D eigenvalue weighted by Gasteiger charge is -2.31. The number of likely N-dealkylation sites (N-methyl/N-ethyl adjacent to an activating group) is 1. The van der Waals surface area contributed by atoms with E-state index in [4.69, 9.17) is 0 Å². The van der Waals surface area contributed by atoms with E-state index in [9.17, 15) is 0 Å². The summed E-state index contributed by atoms with van der Waals surface area (Å²) >= 11 is 0. The minimum Gasteiger partial charge on any atom is -0.312 e. The number of hydrogen-bond donors (Lipinski definition) is 1. The Morgan fingerprint density at radius 2 is 1.76 bits per heavy atom. The number of rotatable bonds is 7. The summed E-state index contributed by atoms with van der Waals surface area (Å²) in [5.74, 6) is 0. The molecule has 0 aliphatic carbocycles. The maximum atomic E-state index is 3.51. The van der Waals surface area contributed by atoms with Crippen LogP contribution < -0.4 is 5.32 Å². The van der Waals surface area contributed by atoms with Crippen LogP contribution in [0, 0.1) is 0 Å². The topological polar surface area (TPSA) is 15.3 Å². The first-order valence-electron chi connectivity index (χ1n) is 8.06. The van der Waals surface area contributed by atoms with E-state index in [0.29, 0.717) is 12.1 Å². The van der Waals surface area contributed by atoms with Crippen LogP contribution in [-0.2, 0) is 0 Å². The molecule has 2 rings (SSSR count). The SMILES string of the molecule is CCCN(CC(NC)c1cccc2ccccc12)C(C)C. The van der Waals surface area contributed by atoms with E-state index >= 15 is 0 Å². The average Bonchev–Trinajstić information content (AvgIpc) is 2.51. The molecule has 0 saturated heterocycles. The number of nitrogens with one attached hydrogen (secondary N) is 1. The molecule has 2 nitrogen and oxygen atoms in total. The van der Waals surface area contributed by atoms with Crippen molar-refractivity contribution in [1.29, 1.82) is 0 Å². The van der Waals surface area contributed by atoms with Crippen molar-refractivity contribution < 1.29 is 0 Å². The molecule has 0 bridgehead atoms. The highest BCUT2D eigenvalue weighted by molar-refractivity contribution is 5.86. The average molecular weight is 284 g/mol. The highest BCUT2D eigenvalue weighted by atomic mass is 15.2. The van der Waals surface area contributed by atoms with Crippen molar-refractivity contribution in [2.75, 3.05) is 20.1 Å². The standard InChI is InChI=1S/C19H28N2/c1-5-13-21(15(2)3)14-19(20-4)18-12-8-10-16-9-6-7-11-17(16)18/h6-12,15,19-20H,5,13-14H2,1-4H3. The van der Waals surface area contributed by atoms with Crippen molar-refractivity contribution >= 4 is 10.8 Å². The molecular formula is C19H28N2. The highest BCUT2D eigenvalue weighted by Gasteiger charge is 2.17. The van der Waals surface area contributed by atoms with Gasteiger partial charge in [0.2, 0.25) is 0 Å². The van der Waals surface area contributed by atoms with Gasteiger partial charge in [0.05, 0.1) is 0 Å². The molecule has 0 amide bonds. The van der Waals surface area contributed by atoms with E-state index in [1.165, 1.54) is 22.8 Å². The van der Waals surface area contributed by atoms with Crippen molar-refractivity contribution in [2.45, 2.75) is 39.3 Å². The molecule has 1 atom stereocenters. The van der Waals surface area contributed by atoms with Crippen molar-refractivity contribution in [3.8, 4) is 0 Å². The number of hydrogen-bond acceptors (Lipinski definition) is 2. The van der Waals surface area contributed by atoms with E-state index in [1.807, 2.05) is 0 Å². The van der Waals surface area contributed by atoms with Gasteiger partial charge >= 0.3 is 0 Å². The third kappa shape index (κ3) is 3.84. The third-order valence-electron chi connectivity index (χ3n) is 4.21. The van der Waals surface area contributed by atoms with E-state index < -0.39 is 0 Å². The molecule has 1 unspecified atom stereocenters. The molecule has 2 heteroatoms.